The fourth-order valence-electron chi connectivity index (χ4n) is 4.23. The lowest BCUT2D eigenvalue weighted by molar-refractivity contribution is 0.0706. The van der Waals surface area contributed by atoms with Crippen molar-refractivity contribution in [3.8, 4) is 6.07 Å². The Bertz CT molecular complexity index is 772. The van der Waals surface area contributed by atoms with Gasteiger partial charge in [-0.1, -0.05) is 30.2 Å². The molecule has 4 rings (SSSR count). The van der Waals surface area contributed by atoms with Gasteiger partial charge in [-0.25, -0.2) is 0 Å². The van der Waals surface area contributed by atoms with Crippen molar-refractivity contribution < 1.29 is 9.32 Å². The number of nitriles is 1. The van der Waals surface area contributed by atoms with E-state index in [0.717, 1.165) is 42.5 Å². The topological polar surface area (TPSA) is 66.9 Å². The molecule has 3 aliphatic carbocycles. The lowest BCUT2D eigenvalue weighted by Gasteiger charge is -2.43. The average Bonchev–Trinajstić information content (AvgIpc) is 2.89. The van der Waals surface area contributed by atoms with E-state index in [1.165, 1.54) is 12.0 Å². The van der Waals surface area contributed by atoms with Gasteiger partial charge in [-0.05, 0) is 43.1 Å². The van der Waals surface area contributed by atoms with Gasteiger partial charge in [0.15, 0.2) is 11.5 Å². The molecule has 0 N–H and O–H groups in total. The van der Waals surface area contributed by atoms with Crippen LogP contribution in [-0.4, -0.2) is 10.9 Å². The fourth-order valence-corrected chi connectivity index (χ4v) is 4.23. The molecule has 4 nitrogen and oxygen atoms in total. The maximum absolute atomic E-state index is 12.6. The van der Waals surface area contributed by atoms with E-state index in [0.29, 0.717) is 18.6 Å². The minimum absolute atomic E-state index is 0.182. The number of aromatic nitrogens is 1. The molecular formula is C19H20N2O2. The highest BCUT2D eigenvalue weighted by Crippen LogP contribution is 2.50. The number of carbonyl (C=O) groups is 1. The molecule has 0 bridgehead atoms. The summed E-state index contributed by atoms with van der Waals surface area (Å²) >= 11 is 0. The first kappa shape index (κ1) is 14.4. The van der Waals surface area contributed by atoms with Crippen molar-refractivity contribution in [1.82, 2.24) is 5.16 Å². The molecule has 1 heterocycles. The number of carbonyl (C=O) groups excluding carboxylic acids is 1. The predicted molar refractivity (Wildman–Crippen MR) is 84.7 cm³/mol. The minimum Gasteiger partial charge on any atom is -0.360 e. The van der Waals surface area contributed by atoms with E-state index < -0.39 is 0 Å². The van der Waals surface area contributed by atoms with Gasteiger partial charge < -0.3 is 4.52 Å². The Morgan fingerprint density at radius 2 is 2.22 bits per heavy atom. The highest BCUT2D eigenvalue weighted by atomic mass is 16.5. The van der Waals surface area contributed by atoms with E-state index >= 15 is 0 Å². The average molecular weight is 308 g/mol. The number of ketones is 1. The SMILES string of the molecule is CC1CC(Cc2onc3c2C(=O)CC2(CCC2)C3)=CC=C1C#N. The molecule has 1 aromatic heterocycles. The van der Waals surface area contributed by atoms with Crippen molar-refractivity contribution >= 4 is 5.78 Å². The number of nitrogens with zero attached hydrogens (tertiary/aromatic N) is 2. The van der Waals surface area contributed by atoms with Crippen LogP contribution < -0.4 is 0 Å². The number of rotatable bonds is 2. The van der Waals surface area contributed by atoms with Crippen molar-refractivity contribution in [2.45, 2.75) is 51.9 Å². The molecule has 0 radical (unpaired) electrons. The molecule has 4 heteroatoms. The molecule has 23 heavy (non-hydrogen) atoms. The molecule has 0 aromatic carbocycles. The van der Waals surface area contributed by atoms with Gasteiger partial charge in [-0.15, -0.1) is 0 Å². The van der Waals surface area contributed by atoms with Crippen molar-refractivity contribution in [2.75, 3.05) is 0 Å². The quantitative estimate of drug-likeness (QED) is 0.830. The Kier molecular flexibility index (Phi) is 3.26. The summed E-state index contributed by atoms with van der Waals surface area (Å²) < 4.78 is 5.54. The Labute approximate surface area is 135 Å². The highest BCUT2D eigenvalue weighted by Gasteiger charge is 2.45. The van der Waals surface area contributed by atoms with Gasteiger partial charge in [0.2, 0.25) is 0 Å². The van der Waals surface area contributed by atoms with Gasteiger partial charge in [0.05, 0.1) is 17.3 Å². The van der Waals surface area contributed by atoms with Crippen LogP contribution in [-0.2, 0) is 12.8 Å². The zero-order chi connectivity index (χ0) is 16.0. The monoisotopic (exact) mass is 308 g/mol. The van der Waals surface area contributed by atoms with Crippen molar-refractivity contribution in [3.05, 3.63) is 40.3 Å². The number of allylic oxidation sites excluding steroid dienone is 4. The normalized spacial score (nSPS) is 25.2. The number of hydrogen-bond acceptors (Lipinski definition) is 4. The third kappa shape index (κ3) is 2.35. The molecule has 1 saturated carbocycles. The second kappa shape index (κ2) is 5.19. The van der Waals surface area contributed by atoms with E-state index in [9.17, 15) is 4.79 Å². The number of Topliss-reactive ketones (excluding diaryl/α,β-unsaturated/α-hetero) is 1. The van der Waals surface area contributed by atoms with E-state index in [4.69, 9.17) is 9.78 Å². The van der Waals surface area contributed by atoms with Gasteiger partial charge in [0.25, 0.3) is 0 Å². The molecule has 3 aliphatic rings. The second-order valence-electron chi connectivity index (χ2n) is 7.40. The molecule has 1 unspecified atom stereocenters. The Hall–Kier alpha value is -2.15. The highest BCUT2D eigenvalue weighted by molar-refractivity contribution is 5.99. The van der Waals surface area contributed by atoms with Crippen LogP contribution in [0.3, 0.4) is 0 Å². The number of fused-ring (bicyclic) bond motifs is 1. The summed E-state index contributed by atoms with van der Waals surface area (Å²) in [6.07, 6.45) is 10.4. The summed E-state index contributed by atoms with van der Waals surface area (Å²) in [4.78, 5) is 12.6. The molecule has 118 valence electrons. The zero-order valence-corrected chi connectivity index (χ0v) is 13.4. The zero-order valence-electron chi connectivity index (χ0n) is 13.4. The van der Waals surface area contributed by atoms with Crippen molar-refractivity contribution in [3.63, 3.8) is 0 Å². The maximum Gasteiger partial charge on any atom is 0.168 e. The molecule has 0 aliphatic heterocycles. The molecular weight excluding hydrogens is 288 g/mol. The predicted octanol–water partition coefficient (Wildman–Crippen LogP) is 3.93. The van der Waals surface area contributed by atoms with E-state index in [1.807, 2.05) is 12.2 Å². The largest absolute Gasteiger partial charge is 0.360 e. The first-order valence-electron chi connectivity index (χ1n) is 8.40. The second-order valence-corrected chi connectivity index (χ2v) is 7.40. The van der Waals surface area contributed by atoms with Crippen molar-refractivity contribution in [1.29, 1.82) is 5.26 Å². The van der Waals surface area contributed by atoms with Gasteiger partial charge in [-0.2, -0.15) is 5.26 Å². The molecule has 1 fully saturated rings. The van der Waals surface area contributed by atoms with Gasteiger partial charge >= 0.3 is 0 Å². The van der Waals surface area contributed by atoms with Crippen LogP contribution in [0.2, 0.25) is 0 Å². The standard InChI is InChI=1S/C19H20N2O2/c1-12-7-13(3-4-14(12)11-20)8-17-18-15(21-23-17)9-19(5-2-6-19)10-16(18)22/h3-4,12H,2,5-10H2,1H3. The third-order valence-corrected chi connectivity index (χ3v) is 5.72. The van der Waals surface area contributed by atoms with E-state index in [-0.39, 0.29) is 17.1 Å². The van der Waals surface area contributed by atoms with Gasteiger partial charge in [0.1, 0.15) is 0 Å². The summed E-state index contributed by atoms with van der Waals surface area (Å²) in [6, 6.07) is 2.24. The van der Waals surface area contributed by atoms with Crippen LogP contribution in [0.1, 0.15) is 60.8 Å². The summed E-state index contributed by atoms with van der Waals surface area (Å²) in [6.45, 7) is 2.06. The number of hydrogen-bond donors (Lipinski definition) is 0. The van der Waals surface area contributed by atoms with Crippen LogP contribution in [0.5, 0.6) is 0 Å². The third-order valence-electron chi connectivity index (χ3n) is 5.72. The minimum atomic E-state index is 0.182. The van der Waals surface area contributed by atoms with Crippen LogP contribution in [0.4, 0.5) is 0 Å². The van der Waals surface area contributed by atoms with Crippen LogP contribution in [0, 0.1) is 22.7 Å². The summed E-state index contributed by atoms with van der Waals surface area (Å²) in [5.41, 5.74) is 3.81. The molecule has 1 spiro atoms. The molecule has 1 atom stereocenters. The van der Waals surface area contributed by atoms with Gasteiger partial charge in [-0.3, -0.25) is 4.79 Å². The summed E-state index contributed by atoms with van der Waals surface area (Å²) in [5.74, 6) is 1.15. The summed E-state index contributed by atoms with van der Waals surface area (Å²) in [5, 5.41) is 13.3. The first-order valence-corrected chi connectivity index (χ1v) is 8.40. The molecule has 1 aromatic rings. The van der Waals surface area contributed by atoms with E-state index in [1.54, 1.807) is 0 Å². The molecule has 0 amide bonds. The first-order chi connectivity index (χ1) is 11.1. The van der Waals surface area contributed by atoms with E-state index in [2.05, 4.69) is 18.1 Å². The van der Waals surface area contributed by atoms with Crippen molar-refractivity contribution in [2.24, 2.45) is 11.3 Å². The Morgan fingerprint density at radius 1 is 1.39 bits per heavy atom. The van der Waals surface area contributed by atoms with Crippen LogP contribution in [0.15, 0.2) is 27.8 Å². The maximum atomic E-state index is 12.6. The lowest BCUT2D eigenvalue weighted by Crippen LogP contribution is -2.38. The Morgan fingerprint density at radius 3 is 2.87 bits per heavy atom. The van der Waals surface area contributed by atoms with Crippen LogP contribution in [0.25, 0.3) is 0 Å². The molecule has 0 saturated heterocycles. The van der Waals surface area contributed by atoms with Gasteiger partial charge in [0, 0.05) is 18.4 Å². The lowest BCUT2D eigenvalue weighted by atomic mass is 9.60. The summed E-state index contributed by atoms with van der Waals surface area (Å²) in [7, 11) is 0. The Balaban J connectivity index is 1.59. The fraction of sp³-hybridized carbons (Fsp3) is 0.526. The smallest absolute Gasteiger partial charge is 0.168 e. The van der Waals surface area contributed by atoms with Crippen LogP contribution >= 0.6 is 0 Å².